The van der Waals surface area contributed by atoms with Gasteiger partial charge >= 0.3 is 5.97 Å². The van der Waals surface area contributed by atoms with Gasteiger partial charge in [0, 0.05) is 5.39 Å². The Balaban J connectivity index is 1.98. The molecule has 2 aromatic carbocycles. The van der Waals surface area contributed by atoms with Gasteiger partial charge in [0.1, 0.15) is 5.75 Å². The van der Waals surface area contributed by atoms with Gasteiger partial charge in [-0.05, 0) is 30.7 Å². The van der Waals surface area contributed by atoms with Crippen LogP contribution >= 0.6 is 0 Å². The third-order valence-corrected chi connectivity index (χ3v) is 3.45. The van der Waals surface area contributed by atoms with Gasteiger partial charge in [0.15, 0.2) is 6.10 Å². The maximum Gasteiger partial charge on any atom is 0.347 e. The maximum atomic E-state index is 11.8. The number of benzene rings is 2. The van der Waals surface area contributed by atoms with E-state index in [-0.39, 0.29) is 5.97 Å². The topological polar surface area (TPSA) is 35.5 Å². The molecule has 0 radical (unpaired) electrons. The van der Waals surface area contributed by atoms with E-state index in [0.717, 1.165) is 22.9 Å². The summed E-state index contributed by atoms with van der Waals surface area (Å²) < 4.78 is 10.9. The van der Waals surface area contributed by atoms with Crippen molar-refractivity contribution in [3.63, 3.8) is 0 Å². The number of fused-ring (bicyclic) bond motifs is 3. The average molecular weight is 256 g/mol. The lowest BCUT2D eigenvalue weighted by Crippen LogP contribution is -2.32. The highest BCUT2D eigenvalue weighted by Gasteiger charge is 2.28. The number of rotatable bonds is 2. The Morgan fingerprint density at radius 2 is 2.16 bits per heavy atom. The van der Waals surface area contributed by atoms with E-state index >= 15 is 0 Å². The zero-order chi connectivity index (χ0) is 13.2. The number of ether oxygens (including phenoxy) is 2. The second-order valence-corrected chi connectivity index (χ2v) is 4.67. The summed E-state index contributed by atoms with van der Waals surface area (Å²) >= 11 is 0. The highest BCUT2D eigenvalue weighted by molar-refractivity contribution is 5.90. The summed E-state index contributed by atoms with van der Waals surface area (Å²) in [4.78, 5) is 11.8. The van der Waals surface area contributed by atoms with Crippen LogP contribution in [0.5, 0.6) is 5.75 Å². The molecule has 3 nitrogen and oxygen atoms in total. The quantitative estimate of drug-likeness (QED) is 0.774. The van der Waals surface area contributed by atoms with Gasteiger partial charge in [-0.2, -0.15) is 0 Å². The predicted octanol–water partition coefficient (Wildman–Crippen LogP) is 3.10. The van der Waals surface area contributed by atoms with Crippen molar-refractivity contribution in [2.75, 3.05) is 6.61 Å². The molecule has 1 heterocycles. The normalized spacial score (nSPS) is 17.6. The molecule has 3 heteroatoms. The van der Waals surface area contributed by atoms with Crippen LogP contribution < -0.4 is 4.74 Å². The van der Waals surface area contributed by atoms with E-state index in [1.165, 1.54) is 5.56 Å². The summed E-state index contributed by atoms with van der Waals surface area (Å²) in [5, 5.41) is 2.19. The zero-order valence-electron chi connectivity index (χ0n) is 10.9. The highest BCUT2D eigenvalue weighted by Crippen LogP contribution is 2.35. The van der Waals surface area contributed by atoms with Crippen molar-refractivity contribution < 1.29 is 14.3 Å². The summed E-state index contributed by atoms with van der Waals surface area (Å²) in [6.07, 6.45) is 1.06. The summed E-state index contributed by atoms with van der Waals surface area (Å²) in [7, 11) is 0. The lowest BCUT2D eigenvalue weighted by atomic mass is 9.98. The zero-order valence-corrected chi connectivity index (χ0v) is 10.9. The fourth-order valence-electron chi connectivity index (χ4n) is 2.51. The molecular weight excluding hydrogens is 240 g/mol. The molecule has 0 aromatic heterocycles. The van der Waals surface area contributed by atoms with Crippen LogP contribution in [0.4, 0.5) is 0 Å². The summed E-state index contributed by atoms with van der Waals surface area (Å²) in [5.41, 5.74) is 1.17. The van der Waals surface area contributed by atoms with Crippen molar-refractivity contribution in [3.8, 4) is 5.75 Å². The molecule has 0 aliphatic carbocycles. The molecule has 0 fully saturated rings. The van der Waals surface area contributed by atoms with E-state index in [1.807, 2.05) is 31.2 Å². The number of hydrogen-bond donors (Lipinski definition) is 0. The molecule has 0 N–H and O–H groups in total. The summed E-state index contributed by atoms with van der Waals surface area (Å²) in [6.45, 7) is 2.20. The second-order valence-electron chi connectivity index (χ2n) is 4.67. The lowest BCUT2D eigenvalue weighted by molar-refractivity contribution is -0.152. The molecule has 0 saturated heterocycles. The first-order valence-corrected chi connectivity index (χ1v) is 6.63. The standard InChI is InChI=1S/C16H16O3/c1-2-18-16(17)14-10-9-12-8-7-11-5-3-4-6-13(11)15(12)19-14/h3-8,14H,2,9-10H2,1H3. The van der Waals surface area contributed by atoms with Gasteiger partial charge in [0.2, 0.25) is 0 Å². The van der Waals surface area contributed by atoms with Gasteiger partial charge in [-0.15, -0.1) is 0 Å². The van der Waals surface area contributed by atoms with E-state index in [1.54, 1.807) is 0 Å². The first-order valence-electron chi connectivity index (χ1n) is 6.63. The van der Waals surface area contributed by atoms with Crippen LogP contribution in [0, 0.1) is 0 Å². The number of esters is 1. The van der Waals surface area contributed by atoms with E-state index in [0.29, 0.717) is 13.0 Å². The minimum absolute atomic E-state index is 0.263. The first-order chi connectivity index (χ1) is 9.29. The molecule has 98 valence electrons. The van der Waals surface area contributed by atoms with Crippen LogP contribution in [0.2, 0.25) is 0 Å². The number of carbonyl (C=O) groups excluding carboxylic acids is 1. The van der Waals surface area contributed by atoms with Crippen molar-refractivity contribution in [2.24, 2.45) is 0 Å². The van der Waals surface area contributed by atoms with Crippen molar-refractivity contribution in [3.05, 3.63) is 42.0 Å². The van der Waals surface area contributed by atoms with Crippen LogP contribution in [0.3, 0.4) is 0 Å². The molecule has 1 atom stereocenters. The van der Waals surface area contributed by atoms with E-state index in [4.69, 9.17) is 9.47 Å². The van der Waals surface area contributed by atoms with Crippen molar-refractivity contribution in [1.29, 1.82) is 0 Å². The Morgan fingerprint density at radius 3 is 3.00 bits per heavy atom. The molecule has 19 heavy (non-hydrogen) atoms. The molecule has 1 aliphatic heterocycles. The number of hydrogen-bond acceptors (Lipinski definition) is 3. The first kappa shape index (κ1) is 12.0. The SMILES string of the molecule is CCOC(=O)C1CCc2ccc3ccccc3c2O1. The average Bonchev–Trinajstić information content (AvgIpc) is 2.47. The van der Waals surface area contributed by atoms with E-state index in [2.05, 4.69) is 12.1 Å². The molecule has 3 rings (SSSR count). The Bertz CT molecular complexity index is 618. The molecule has 1 aliphatic rings. The van der Waals surface area contributed by atoms with Crippen LogP contribution in [-0.4, -0.2) is 18.7 Å². The number of carbonyl (C=O) groups is 1. The van der Waals surface area contributed by atoms with Crippen LogP contribution in [0.25, 0.3) is 10.8 Å². The Hall–Kier alpha value is -2.03. The molecule has 0 bridgehead atoms. The van der Waals surface area contributed by atoms with E-state index < -0.39 is 6.10 Å². The lowest BCUT2D eigenvalue weighted by Gasteiger charge is -2.25. The van der Waals surface area contributed by atoms with Crippen LogP contribution in [0.1, 0.15) is 18.9 Å². The molecule has 0 saturated carbocycles. The minimum atomic E-state index is -0.474. The van der Waals surface area contributed by atoms with Crippen molar-refractivity contribution >= 4 is 16.7 Å². The van der Waals surface area contributed by atoms with Gasteiger partial charge in [0.25, 0.3) is 0 Å². The van der Waals surface area contributed by atoms with Gasteiger partial charge in [-0.3, -0.25) is 0 Å². The van der Waals surface area contributed by atoms with Gasteiger partial charge in [0.05, 0.1) is 6.61 Å². The third-order valence-electron chi connectivity index (χ3n) is 3.45. The fourth-order valence-corrected chi connectivity index (χ4v) is 2.51. The highest BCUT2D eigenvalue weighted by atomic mass is 16.6. The monoisotopic (exact) mass is 256 g/mol. The predicted molar refractivity (Wildman–Crippen MR) is 73.3 cm³/mol. The van der Waals surface area contributed by atoms with Gasteiger partial charge in [-0.1, -0.05) is 36.4 Å². The molecule has 0 amide bonds. The minimum Gasteiger partial charge on any atom is -0.478 e. The largest absolute Gasteiger partial charge is 0.478 e. The molecule has 1 unspecified atom stereocenters. The third kappa shape index (κ3) is 2.16. The van der Waals surface area contributed by atoms with Gasteiger partial charge in [-0.25, -0.2) is 4.79 Å². The van der Waals surface area contributed by atoms with E-state index in [9.17, 15) is 4.79 Å². The smallest absolute Gasteiger partial charge is 0.347 e. The summed E-state index contributed by atoms with van der Waals surface area (Å²) in [6, 6.07) is 12.2. The Morgan fingerprint density at radius 1 is 1.32 bits per heavy atom. The number of aryl methyl sites for hydroxylation is 1. The van der Waals surface area contributed by atoms with Crippen LogP contribution in [0.15, 0.2) is 36.4 Å². The second kappa shape index (κ2) is 4.92. The maximum absolute atomic E-state index is 11.8. The van der Waals surface area contributed by atoms with Crippen LogP contribution in [-0.2, 0) is 16.0 Å². The van der Waals surface area contributed by atoms with Gasteiger partial charge < -0.3 is 9.47 Å². The fraction of sp³-hybridized carbons (Fsp3) is 0.312. The Kier molecular flexibility index (Phi) is 3.11. The summed E-state index contributed by atoms with van der Waals surface area (Å²) in [5.74, 6) is 0.573. The Labute approximate surface area is 112 Å². The van der Waals surface area contributed by atoms with Crippen molar-refractivity contribution in [1.82, 2.24) is 0 Å². The molecule has 2 aromatic rings. The van der Waals surface area contributed by atoms with Crippen molar-refractivity contribution in [2.45, 2.75) is 25.9 Å². The molecule has 0 spiro atoms. The molecular formula is C16H16O3.